The van der Waals surface area contributed by atoms with E-state index in [2.05, 4.69) is 25.4 Å². The summed E-state index contributed by atoms with van der Waals surface area (Å²) in [5, 5.41) is 15.9. The summed E-state index contributed by atoms with van der Waals surface area (Å²) in [7, 11) is 1.63. The van der Waals surface area contributed by atoms with Gasteiger partial charge in [-0.1, -0.05) is 12.1 Å². The molecule has 0 saturated carbocycles. The van der Waals surface area contributed by atoms with Crippen LogP contribution in [-0.4, -0.2) is 44.8 Å². The predicted molar refractivity (Wildman–Crippen MR) is 81.9 cm³/mol. The van der Waals surface area contributed by atoms with E-state index >= 15 is 0 Å². The first-order valence-corrected chi connectivity index (χ1v) is 7.29. The summed E-state index contributed by atoms with van der Waals surface area (Å²) >= 11 is 0. The van der Waals surface area contributed by atoms with Crippen LogP contribution in [0.3, 0.4) is 0 Å². The summed E-state index contributed by atoms with van der Waals surface area (Å²) in [6, 6.07) is -0.0860. The Labute approximate surface area is 133 Å². The molecule has 9 heteroatoms. The largest absolute Gasteiger partial charge is 0.480 e. The second-order valence-corrected chi connectivity index (χ2v) is 5.15. The number of anilines is 1. The summed E-state index contributed by atoms with van der Waals surface area (Å²) in [5.74, 6) is 0.666. The third-order valence-corrected chi connectivity index (χ3v) is 3.19. The number of hydrogen-bond donors (Lipinski definition) is 2. The number of aromatic nitrogens is 4. The minimum absolute atomic E-state index is 0.0860. The highest BCUT2D eigenvalue weighted by atomic mass is 16.5. The van der Waals surface area contributed by atoms with Crippen molar-refractivity contribution in [1.29, 1.82) is 0 Å². The number of nitrogens with zero attached hydrogens (tertiary/aromatic N) is 5. The molecular formula is C14H20N6O3. The number of aliphatic carboxylic acids is 1. The molecule has 2 heterocycles. The second kappa shape index (κ2) is 7.63. The molecule has 0 fully saturated rings. The van der Waals surface area contributed by atoms with Crippen molar-refractivity contribution < 1.29 is 14.4 Å². The van der Waals surface area contributed by atoms with E-state index in [0.29, 0.717) is 24.2 Å². The van der Waals surface area contributed by atoms with Crippen LogP contribution in [0.2, 0.25) is 0 Å². The van der Waals surface area contributed by atoms with Crippen LogP contribution >= 0.6 is 0 Å². The number of hydrogen-bond acceptors (Lipinski definition) is 8. The maximum absolute atomic E-state index is 10.7. The highest BCUT2D eigenvalue weighted by Crippen LogP contribution is 2.11. The fourth-order valence-electron chi connectivity index (χ4n) is 1.86. The van der Waals surface area contributed by atoms with Crippen molar-refractivity contribution in [2.75, 3.05) is 18.5 Å². The van der Waals surface area contributed by atoms with Crippen molar-refractivity contribution in [3.63, 3.8) is 0 Å². The second-order valence-electron chi connectivity index (χ2n) is 5.15. The number of aryl methyl sites for hydroxylation is 1. The van der Waals surface area contributed by atoms with Gasteiger partial charge >= 0.3 is 5.97 Å². The zero-order valence-electron chi connectivity index (χ0n) is 13.4. The quantitative estimate of drug-likeness (QED) is 0.728. The number of carboxylic acids is 1. The van der Waals surface area contributed by atoms with Crippen molar-refractivity contribution in [3.8, 4) is 0 Å². The maximum atomic E-state index is 10.7. The standard InChI is InChI=1S/C14H20N6O3/c1-4-11-18-13(23-19-11)9(2)15-5-10-6-16-14(17-7-10)20(3)8-12(21)22/h6-7,9,15H,4-5,8H2,1-3H3,(H,21,22). The van der Waals surface area contributed by atoms with Crippen LogP contribution < -0.4 is 10.2 Å². The van der Waals surface area contributed by atoms with Crippen molar-refractivity contribution in [1.82, 2.24) is 25.4 Å². The normalized spacial score (nSPS) is 12.1. The molecule has 0 radical (unpaired) electrons. The van der Waals surface area contributed by atoms with Crippen molar-refractivity contribution in [2.45, 2.75) is 32.9 Å². The summed E-state index contributed by atoms with van der Waals surface area (Å²) in [5.41, 5.74) is 0.875. The average molecular weight is 320 g/mol. The SMILES string of the molecule is CCc1noc(C(C)NCc2cnc(N(C)CC(=O)O)nc2)n1. The predicted octanol–water partition coefficient (Wildman–Crippen LogP) is 0.794. The van der Waals surface area contributed by atoms with E-state index in [1.165, 1.54) is 4.90 Å². The molecule has 2 rings (SSSR count). The zero-order valence-corrected chi connectivity index (χ0v) is 13.4. The van der Waals surface area contributed by atoms with E-state index in [0.717, 1.165) is 12.0 Å². The van der Waals surface area contributed by atoms with E-state index in [9.17, 15) is 4.79 Å². The lowest BCUT2D eigenvalue weighted by Gasteiger charge is -2.14. The Kier molecular flexibility index (Phi) is 5.58. The summed E-state index contributed by atoms with van der Waals surface area (Å²) in [6.45, 7) is 4.29. The van der Waals surface area contributed by atoms with E-state index in [4.69, 9.17) is 9.63 Å². The Morgan fingerprint density at radius 1 is 1.43 bits per heavy atom. The van der Waals surface area contributed by atoms with Gasteiger partial charge in [0.25, 0.3) is 0 Å². The van der Waals surface area contributed by atoms with Crippen LogP contribution in [0.15, 0.2) is 16.9 Å². The molecular weight excluding hydrogens is 300 g/mol. The Bertz CT molecular complexity index is 642. The van der Waals surface area contributed by atoms with Crippen LogP contribution in [0.25, 0.3) is 0 Å². The summed E-state index contributed by atoms with van der Waals surface area (Å²) in [6.07, 6.45) is 4.05. The Morgan fingerprint density at radius 2 is 2.13 bits per heavy atom. The summed E-state index contributed by atoms with van der Waals surface area (Å²) in [4.78, 5) is 24.7. The molecule has 1 atom stereocenters. The molecule has 0 bridgehead atoms. The maximum Gasteiger partial charge on any atom is 0.323 e. The first-order valence-electron chi connectivity index (χ1n) is 7.29. The van der Waals surface area contributed by atoms with Crippen LogP contribution in [0.4, 0.5) is 5.95 Å². The number of nitrogens with one attached hydrogen (secondary N) is 1. The molecule has 23 heavy (non-hydrogen) atoms. The molecule has 9 nitrogen and oxygen atoms in total. The lowest BCUT2D eigenvalue weighted by Crippen LogP contribution is -2.27. The molecule has 0 amide bonds. The summed E-state index contributed by atoms with van der Waals surface area (Å²) < 4.78 is 5.18. The number of rotatable bonds is 8. The highest BCUT2D eigenvalue weighted by molar-refractivity contribution is 5.72. The third kappa shape index (κ3) is 4.71. The van der Waals surface area contributed by atoms with Crippen LogP contribution in [0.1, 0.15) is 37.2 Å². The third-order valence-electron chi connectivity index (χ3n) is 3.19. The molecule has 2 aromatic heterocycles. The molecule has 0 spiro atoms. The van der Waals surface area contributed by atoms with Gasteiger partial charge in [-0.3, -0.25) is 4.79 Å². The van der Waals surface area contributed by atoms with Crippen LogP contribution in [0.5, 0.6) is 0 Å². The van der Waals surface area contributed by atoms with E-state index < -0.39 is 5.97 Å². The lowest BCUT2D eigenvalue weighted by atomic mass is 10.3. The van der Waals surface area contributed by atoms with E-state index in [-0.39, 0.29) is 12.6 Å². The smallest absolute Gasteiger partial charge is 0.323 e. The van der Waals surface area contributed by atoms with Gasteiger partial charge in [-0.15, -0.1) is 0 Å². The number of likely N-dealkylation sites (N-methyl/N-ethyl adjacent to an activating group) is 1. The Hall–Kier alpha value is -2.55. The van der Waals surface area contributed by atoms with Crippen LogP contribution in [0, 0.1) is 0 Å². The van der Waals surface area contributed by atoms with Gasteiger partial charge in [0.1, 0.15) is 6.54 Å². The molecule has 0 saturated heterocycles. The van der Waals surface area contributed by atoms with Gasteiger partial charge in [-0.2, -0.15) is 4.98 Å². The van der Waals surface area contributed by atoms with Gasteiger partial charge in [-0.25, -0.2) is 9.97 Å². The average Bonchev–Trinajstić information content (AvgIpc) is 3.01. The van der Waals surface area contributed by atoms with Gasteiger partial charge in [-0.05, 0) is 6.92 Å². The van der Waals surface area contributed by atoms with Gasteiger partial charge in [0.15, 0.2) is 5.82 Å². The van der Waals surface area contributed by atoms with Crippen molar-refractivity contribution in [2.24, 2.45) is 0 Å². The minimum Gasteiger partial charge on any atom is -0.480 e. The fourth-order valence-corrected chi connectivity index (χ4v) is 1.86. The van der Waals surface area contributed by atoms with Crippen molar-refractivity contribution >= 4 is 11.9 Å². The molecule has 1 unspecified atom stereocenters. The zero-order chi connectivity index (χ0) is 16.8. The molecule has 0 aromatic carbocycles. The Balaban J connectivity index is 1.89. The fraction of sp³-hybridized carbons (Fsp3) is 0.500. The molecule has 0 aliphatic rings. The topological polar surface area (TPSA) is 117 Å². The first kappa shape index (κ1) is 16.8. The van der Waals surface area contributed by atoms with E-state index in [1.54, 1.807) is 19.4 Å². The highest BCUT2D eigenvalue weighted by Gasteiger charge is 2.13. The number of carbonyl (C=O) groups is 1. The van der Waals surface area contributed by atoms with Gasteiger partial charge in [0.2, 0.25) is 11.8 Å². The van der Waals surface area contributed by atoms with Gasteiger partial charge < -0.3 is 19.8 Å². The molecule has 0 aliphatic heterocycles. The first-order chi connectivity index (χ1) is 11.0. The molecule has 124 valence electrons. The number of carboxylic acid groups (broad SMARTS) is 1. The lowest BCUT2D eigenvalue weighted by molar-refractivity contribution is -0.135. The van der Waals surface area contributed by atoms with Crippen LogP contribution in [-0.2, 0) is 17.8 Å². The van der Waals surface area contributed by atoms with Gasteiger partial charge in [0.05, 0.1) is 6.04 Å². The van der Waals surface area contributed by atoms with E-state index in [1.807, 2.05) is 13.8 Å². The monoisotopic (exact) mass is 320 g/mol. The van der Waals surface area contributed by atoms with Gasteiger partial charge in [0, 0.05) is 38.0 Å². The molecule has 2 aromatic rings. The Morgan fingerprint density at radius 3 is 2.70 bits per heavy atom. The molecule has 2 N–H and O–H groups in total. The minimum atomic E-state index is -0.929. The molecule has 0 aliphatic carbocycles. The van der Waals surface area contributed by atoms with Crippen molar-refractivity contribution in [3.05, 3.63) is 29.7 Å².